The van der Waals surface area contributed by atoms with Gasteiger partial charge in [0.25, 0.3) is 0 Å². The number of thiazole rings is 1. The highest BCUT2D eigenvalue weighted by molar-refractivity contribution is 7.15. The van der Waals surface area contributed by atoms with Crippen molar-refractivity contribution in [3.8, 4) is 0 Å². The number of hydrogen-bond donors (Lipinski definition) is 1. The second-order valence-corrected chi connectivity index (χ2v) is 7.65. The van der Waals surface area contributed by atoms with E-state index in [1.807, 2.05) is 0 Å². The summed E-state index contributed by atoms with van der Waals surface area (Å²) < 4.78 is 2.14. The molecule has 2 fully saturated rings. The SMILES string of the molecule is CC1CCNC2(CCCC2)CN1Cc1cn2ccsc2n1. The normalized spacial score (nSPS) is 26.6. The summed E-state index contributed by atoms with van der Waals surface area (Å²) in [5.41, 5.74) is 1.59. The van der Waals surface area contributed by atoms with Crippen molar-refractivity contribution in [3.05, 3.63) is 23.5 Å². The Morgan fingerprint density at radius 3 is 3.10 bits per heavy atom. The summed E-state index contributed by atoms with van der Waals surface area (Å²) in [6.07, 6.45) is 11.0. The van der Waals surface area contributed by atoms with E-state index >= 15 is 0 Å². The zero-order chi connectivity index (χ0) is 14.3. The lowest BCUT2D eigenvalue weighted by Crippen LogP contribution is -2.50. The first kappa shape index (κ1) is 13.7. The second kappa shape index (κ2) is 5.38. The van der Waals surface area contributed by atoms with Gasteiger partial charge in [-0.15, -0.1) is 11.3 Å². The average Bonchev–Trinajstić information content (AvgIpc) is 3.11. The van der Waals surface area contributed by atoms with Gasteiger partial charge in [0.15, 0.2) is 4.96 Å². The number of aromatic nitrogens is 2. The molecule has 1 spiro atoms. The Bertz CT molecular complexity index is 582. The van der Waals surface area contributed by atoms with Gasteiger partial charge in [0.1, 0.15) is 0 Å². The zero-order valence-corrected chi connectivity index (χ0v) is 13.5. The van der Waals surface area contributed by atoms with Crippen LogP contribution in [0.25, 0.3) is 4.96 Å². The molecule has 2 aromatic rings. The molecule has 1 saturated heterocycles. The van der Waals surface area contributed by atoms with Crippen molar-refractivity contribution in [1.29, 1.82) is 0 Å². The highest BCUT2D eigenvalue weighted by atomic mass is 32.1. The minimum Gasteiger partial charge on any atom is -0.310 e. The summed E-state index contributed by atoms with van der Waals surface area (Å²) >= 11 is 1.71. The van der Waals surface area contributed by atoms with Crippen molar-refractivity contribution in [1.82, 2.24) is 19.6 Å². The Morgan fingerprint density at radius 2 is 2.29 bits per heavy atom. The Balaban J connectivity index is 1.54. The van der Waals surface area contributed by atoms with Crippen molar-refractivity contribution in [2.45, 2.75) is 57.2 Å². The van der Waals surface area contributed by atoms with Crippen LogP contribution in [0.5, 0.6) is 0 Å². The maximum absolute atomic E-state index is 4.77. The van der Waals surface area contributed by atoms with Gasteiger partial charge in [-0.25, -0.2) is 4.98 Å². The standard InChI is InChI=1S/C16H24N4S/c1-13-4-7-17-16(5-2-3-6-16)12-20(13)11-14-10-19-8-9-21-15(19)18-14/h8-10,13,17H,2-7,11-12H2,1H3. The van der Waals surface area contributed by atoms with Crippen molar-refractivity contribution in [2.75, 3.05) is 13.1 Å². The van der Waals surface area contributed by atoms with Crippen LogP contribution in [0.3, 0.4) is 0 Å². The maximum Gasteiger partial charge on any atom is 0.193 e. The van der Waals surface area contributed by atoms with Gasteiger partial charge in [-0.3, -0.25) is 9.30 Å². The molecule has 0 aromatic carbocycles. The largest absolute Gasteiger partial charge is 0.310 e. The summed E-state index contributed by atoms with van der Waals surface area (Å²) in [7, 11) is 0. The lowest BCUT2D eigenvalue weighted by Gasteiger charge is -2.35. The van der Waals surface area contributed by atoms with E-state index in [1.54, 1.807) is 11.3 Å². The third-order valence-electron chi connectivity index (χ3n) is 5.26. The number of fused-ring (bicyclic) bond motifs is 1. The van der Waals surface area contributed by atoms with Crippen LogP contribution in [0, 0.1) is 0 Å². The lowest BCUT2D eigenvalue weighted by atomic mass is 9.97. The molecule has 4 nitrogen and oxygen atoms in total. The molecule has 5 heteroatoms. The van der Waals surface area contributed by atoms with E-state index in [0.717, 1.165) is 18.1 Å². The van der Waals surface area contributed by atoms with Crippen LogP contribution in [0.2, 0.25) is 0 Å². The molecular weight excluding hydrogens is 280 g/mol. The fourth-order valence-electron chi connectivity index (χ4n) is 3.99. The average molecular weight is 304 g/mol. The van der Waals surface area contributed by atoms with E-state index in [0.29, 0.717) is 11.6 Å². The molecule has 2 aliphatic rings. The molecule has 114 valence electrons. The Labute approximate surface area is 130 Å². The van der Waals surface area contributed by atoms with Crippen molar-refractivity contribution < 1.29 is 0 Å². The molecule has 2 aromatic heterocycles. The minimum absolute atomic E-state index is 0.377. The number of nitrogens with zero attached hydrogens (tertiary/aromatic N) is 3. The molecule has 1 atom stereocenters. The molecule has 1 unspecified atom stereocenters. The minimum atomic E-state index is 0.377. The molecule has 1 saturated carbocycles. The number of nitrogens with one attached hydrogen (secondary N) is 1. The van der Waals surface area contributed by atoms with Gasteiger partial charge in [0, 0.05) is 42.4 Å². The van der Waals surface area contributed by atoms with Crippen LogP contribution in [0.15, 0.2) is 17.8 Å². The summed E-state index contributed by atoms with van der Waals surface area (Å²) in [5, 5.41) is 5.95. The van der Waals surface area contributed by atoms with Gasteiger partial charge >= 0.3 is 0 Å². The molecule has 1 aliphatic heterocycles. The summed E-state index contributed by atoms with van der Waals surface area (Å²) in [6, 6.07) is 0.636. The molecule has 3 heterocycles. The monoisotopic (exact) mass is 304 g/mol. The van der Waals surface area contributed by atoms with Gasteiger partial charge in [-0.1, -0.05) is 12.8 Å². The van der Waals surface area contributed by atoms with Crippen molar-refractivity contribution in [2.24, 2.45) is 0 Å². The highest BCUT2D eigenvalue weighted by Gasteiger charge is 2.38. The summed E-state index contributed by atoms with van der Waals surface area (Å²) in [4.78, 5) is 8.53. The van der Waals surface area contributed by atoms with Crippen molar-refractivity contribution in [3.63, 3.8) is 0 Å². The van der Waals surface area contributed by atoms with Gasteiger partial charge in [-0.05, 0) is 32.7 Å². The van der Waals surface area contributed by atoms with Crippen LogP contribution in [-0.2, 0) is 6.54 Å². The Kier molecular flexibility index (Phi) is 3.52. The first-order valence-corrected chi connectivity index (χ1v) is 9.02. The summed E-state index contributed by atoms with van der Waals surface area (Å²) in [5.74, 6) is 0. The summed E-state index contributed by atoms with van der Waals surface area (Å²) in [6.45, 7) is 5.70. The second-order valence-electron chi connectivity index (χ2n) is 6.78. The predicted molar refractivity (Wildman–Crippen MR) is 86.8 cm³/mol. The van der Waals surface area contributed by atoms with Crippen molar-refractivity contribution >= 4 is 16.3 Å². The fourth-order valence-corrected chi connectivity index (χ4v) is 4.71. The fraction of sp³-hybridized carbons (Fsp3) is 0.688. The first-order chi connectivity index (χ1) is 10.2. The molecule has 0 bridgehead atoms. The number of imidazole rings is 1. The van der Waals surface area contributed by atoms with Crippen LogP contribution in [0.1, 0.15) is 44.7 Å². The van der Waals surface area contributed by atoms with E-state index in [4.69, 9.17) is 4.98 Å². The predicted octanol–water partition coefficient (Wildman–Crippen LogP) is 2.89. The molecule has 1 N–H and O–H groups in total. The van der Waals surface area contributed by atoms with Crippen LogP contribution < -0.4 is 5.32 Å². The molecular formula is C16H24N4S. The zero-order valence-electron chi connectivity index (χ0n) is 12.7. The molecule has 0 radical (unpaired) electrons. The van der Waals surface area contributed by atoms with E-state index in [2.05, 4.69) is 39.3 Å². The van der Waals surface area contributed by atoms with Crippen LogP contribution in [0.4, 0.5) is 0 Å². The highest BCUT2D eigenvalue weighted by Crippen LogP contribution is 2.33. The van der Waals surface area contributed by atoms with Gasteiger partial charge in [0.2, 0.25) is 0 Å². The van der Waals surface area contributed by atoms with Gasteiger partial charge in [0.05, 0.1) is 5.69 Å². The molecule has 4 rings (SSSR count). The quantitative estimate of drug-likeness (QED) is 0.926. The van der Waals surface area contributed by atoms with E-state index < -0.39 is 0 Å². The smallest absolute Gasteiger partial charge is 0.193 e. The maximum atomic E-state index is 4.77. The van der Waals surface area contributed by atoms with E-state index in [-0.39, 0.29) is 0 Å². The number of hydrogen-bond acceptors (Lipinski definition) is 4. The number of rotatable bonds is 2. The van der Waals surface area contributed by atoms with Gasteiger partial charge in [-0.2, -0.15) is 0 Å². The van der Waals surface area contributed by atoms with E-state index in [1.165, 1.54) is 44.3 Å². The first-order valence-electron chi connectivity index (χ1n) is 8.14. The van der Waals surface area contributed by atoms with Crippen LogP contribution in [-0.4, -0.2) is 39.0 Å². The van der Waals surface area contributed by atoms with Gasteiger partial charge < -0.3 is 5.32 Å². The van der Waals surface area contributed by atoms with E-state index in [9.17, 15) is 0 Å². The third kappa shape index (κ3) is 2.62. The molecule has 0 amide bonds. The lowest BCUT2D eigenvalue weighted by molar-refractivity contribution is 0.159. The topological polar surface area (TPSA) is 32.6 Å². The third-order valence-corrected chi connectivity index (χ3v) is 6.03. The molecule has 1 aliphatic carbocycles. The van der Waals surface area contributed by atoms with Crippen LogP contribution >= 0.6 is 11.3 Å². The Morgan fingerprint density at radius 1 is 1.43 bits per heavy atom. The molecule has 21 heavy (non-hydrogen) atoms. The Hall–Kier alpha value is -0.910.